The molecule has 28 heavy (non-hydrogen) atoms. The number of rotatable bonds is 5. The van der Waals surface area contributed by atoms with Gasteiger partial charge >= 0.3 is 0 Å². The van der Waals surface area contributed by atoms with Crippen LogP contribution < -0.4 is 10.3 Å². The second kappa shape index (κ2) is 7.78. The summed E-state index contributed by atoms with van der Waals surface area (Å²) in [4.78, 5) is 19.6. The van der Waals surface area contributed by atoms with E-state index in [9.17, 15) is 4.79 Å². The van der Waals surface area contributed by atoms with Crippen LogP contribution in [0.3, 0.4) is 0 Å². The van der Waals surface area contributed by atoms with Crippen LogP contribution in [0.25, 0.3) is 21.3 Å². The summed E-state index contributed by atoms with van der Waals surface area (Å²) in [6, 6.07) is 15.4. The van der Waals surface area contributed by atoms with Crippen LogP contribution in [0.15, 0.2) is 59.7 Å². The Morgan fingerprint density at radius 2 is 1.89 bits per heavy atom. The van der Waals surface area contributed by atoms with E-state index in [4.69, 9.17) is 16.3 Å². The van der Waals surface area contributed by atoms with E-state index in [1.54, 1.807) is 10.9 Å². The van der Waals surface area contributed by atoms with Gasteiger partial charge in [-0.25, -0.2) is 4.98 Å². The number of benzene rings is 2. The lowest BCUT2D eigenvalue weighted by atomic mass is 10.0. The Balaban J connectivity index is 1.83. The largest absolute Gasteiger partial charge is 0.494 e. The van der Waals surface area contributed by atoms with Crippen LogP contribution in [0, 0.1) is 6.92 Å². The number of aryl methyl sites for hydroxylation is 1. The van der Waals surface area contributed by atoms with Crippen molar-refractivity contribution in [1.29, 1.82) is 0 Å². The van der Waals surface area contributed by atoms with Gasteiger partial charge in [-0.05, 0) is 43.2 Å². The van der Waals surface area contributed by atoms with Gasteiger partial charge in [0, 0.05) is 15.5 Å². The first-order valence-corrected chi connectivity index (χ1v) is 10.2. The van der Waals surface area contributed by atoms with Crippen LogP contribution in [0.1, 0.15) is 17.4 Å². The van der Waals surface area contributed by atoms with Crippen LogP contribution in [-0.2, 0) is 6.54 Å². The molecule has 0 aliphatic heterocycles. The van der Waals surface area contributed by atoms with E-state index in [1.807, 2.05) is 62.4 Å². The molecule has 2 aromatic carbocycles. The maximum absolute atomic E-state index is 13.3. The summed E-state index contributed by atoms with van der Waals surface area (Å²) < 4.78 is 7.15. The highest BCUT2D eigenvalue weighted by Crippen LogP contribution is 2.36. The van der Waals surface area contributed by atoms with Gasteiger partial charge in [-0.2, -0.15) is 0 Å². The highest BCUT2D eigenvalue weighted by atomic mass is 35.5. The van der Waals surface area contributed by atoms with Gasteiger partial charge in [-0.15, -0.1) is 11.3 Å². The zero-order chi connectivity index (χ0) is 19.7. The van der Waals surface area contributed by atoms with Crippen molar-refractivity contribution in [3.05, 3.63) is 80.7 Å². The quantitative estimate of drug-likeness (QED) is 0.434. The molecule has 6 heteroatoms. The van der Waals surface area contributed by atoms with Crippen molar-refractivity contribution in [3.63, 3.8) is 0 Å². The number of hydrogen-bond donors (Lipinski definition) is 0. The molecule has 4 rings (SSSR count). The van der Waals surface area contributed by atoms with E-state index in [0.717, 1.165) is 32.1 Å². The molecule has 0 N–H and O–H groups in total. The number of hydrogen-bond acceptors (Lipinski definition) is 4. The van der Waals surface area contributed by atoms with E-state index >= 15 is 0 Å². The van der Waals surface area contributed by atoms with Gasteiger partial charge in [0.1, 0.15) is 10.6 Å². The third-order valence-corrected chi connectivity index (χ3v) is 5.99. The molecular formula is C22H19ClN2O2S. The SMILES string of the molecule is CCOc1ccc(-c2c(C)sc3ncn(Cc4ccccc4Cl)c(=O)c23)cc1. The van der Waals surface area contributed by atoms with Crippen molar-refractivity contribution in [3.8, 4) is 16.9 Å². The molecule has 0 spiro atoms. The molecule has 0 unspecified atom stereocenters. The third-order valence-electron chi connectivity index (χ3n) is 4.61. The van der Waals surface area contributed by atoms with E-state index in [1.165, 1.54) is 11.3 Å². The van der Waals surface area contributed by atoms with Crippen LogP contribution in [0.5, 0.6) is 5.75 Å². The minimum atomic E-state index is -0.0573. The molecule has 4 nitrogen and oxygen atoms in total. The highest BCUT2D eigenvalue weighted by Gasteiger charge is 2.17. The molecular weight excluding hydrogens is 392 g/mol. The van der Waals surface area contributed by atoms with E-state index in [0.29, 0.717) is 23.6 Å². The van der Waals surface area contributed by atoms with E-state index in [-0.39, 0.29) is 5.56 Å². The van der Waals surface area contributed by atoms with Gasteiger partial charge < -0.3 is 4.74 Å². The lowest BCUT2D eigenvalue weighted by Crippen LogP contribution is -2.21. The van der Waals surface area contributed by atoms with Crippen LogP contribution in [0.2, 0.25) is 5.02 Å². The normalized spacial score (nSPS) is 11.1. The van der Waals surface area contributed by atoms with Crippen molar-refractivity contribution in [2.75, 3.05) is 6.61 Å². The Hall–Kier alpha value is -2.63. The van der Waals surface area contributed by atoms with Gasteiger partial charge in [0.15, 0.2) is 0 Å². The fourth-order valence-electron chi connectivity index (χ4n) is 3.29. The predicted molar refractivity (Wildman–Crippen MR) is 116 cm³/mol. The zero-order valence-electron chi connectivity index (χ0n) is 15.6. The number of ether oxygens (including phenoxy) is 1. The van der Waals surface area contributed by atoms with Gasteiger partial charge in [-0.1, -0.05) is 41.9 Å². The summed E-state index contributed by atoms with van der Waals surface area (Å²) in [7, 11) is 0. The molecule has 0 aliphatic rings. The molecule has 4 aromatic rings. The second-order valence-corrected chi connectivity index (χ2v) is 8.05. The van der Waals surface area contributed by atoms with Crippen molar-refractivity contribution in [2.45, 2.75) is 20.4 Å². The molecule has 0 radical (unpaired) electrons. The summed E-state index contributed by atoms with van der Waals surface area (Å²) in [6.07, 6.45) is 1.60. The Kier molecular flexibility index (Phi) is 5.20. The summed E-state index contributed by atoms with van der Waals surface area (Å²) in [5, 5.41) is 1.30. The van der Waals surface area contributed by atoms with Crippen LogP contribution in [0.4, 0.5) is 0 Å². The van der Waals surface area contributed by atoms with Gasteiger partial charge in [-0.3, -0.25) is 9.36 Å². The first-order valence-electron chi connectivity index (χ1n) is 9.03. The standard InChI is InChI=1S/C22H19ClN2O2S/c1-3-27-17-10-8-15(9-11-17)19-14(2)28-21-20(19)22(26)25(13-24-21)12-16-6-4-5-7-18(16)23/h4-11,13H,3,12H2,1-2H3. The average molecular weight is 411 g/mol. The summed E-state index contributed by atoms with van der Waals surface area (Å²) in [5.74, 6) is 0.817. The lowest BCUT2D eigenvalue weighted by Gasteiger charge is -2.09. The fourth-order valence-corrected chi connectivity index (χ4v) is 4.49. The average Bonchev–Trinajstić information content (AvgIpc) is 3.03. The summed E-state index contributed by atoms with van der Waals surface area (Å²) in [6.45, 7) is 4.99. The molecule has 0 fully saturated rings. The molecule has 2 heterocycles. The Bertz CT molecular complexity index is 1200. The summed E-state index contributed by atoms with van der Waals surface area (Å²) >= 11 is 7.81. The second-order valence-electron chi connectivity index (χ2n) is 6.44. The van der Waals surface area contributed by atoms with Crippen molar-refractivity contribution in [1.82, 2.24) is 9.55 Å². The molecule has 0 saturated carbocycles. The minimum Gasteiger partial charge on any atom is -0.494 e. The first kappa shape index (κ1) is 18.7. The monoisotopic (exact) mass is 410 g/mol. The maximum Gasteiger partial charge on any atom is 0.263 e. The van der Waals surface area contributed by atoms with Gasteiger partial charge in [0.25, 0.3) is 5.56 Å². The smallest absolute Gasteiger partial charge is 0.263 e. The minimum absolute atomic E-state index is 0.0573. The van der Waals surface area contributed by atoms with Gasteiger partial charge in [0.05, 0.1) is 24.9 Å². The lowest BCUT2D eigenvalue weighted by molar-refractivity contribution is 0.340. The molecule has 0 atom stereocenters. The van der Waals surface area contributed by atoms with Crippen LogP contribution >= 0.6 is 22.9 Å². The topological polar surface area (TPSA) is 44.1 Å². The molecule has 142 valence electrons. The third kappa shape index (κ3) is 3.43. The van der Waals surface area contributed by atoms with Gasteiger partial charge in [0.2, 0.25) is 0 Å². The Morgan fingerprint density at radius 1 is 1.14 bits per heavy atom. The summed E-state index contributed by atoms with van der Waals surface area (Å²) in [5.41, 5.74) is 2.76. The fraction of sp³-hybridized carbons (Fsp3) is 0.182. The van der Waals surface area contributed by atoms with E-state index < -0.39 is 0 Å². The Morgan fingerprint density at radius 3 is 2.61 bits per heavy atom. The van der Waals surface area contributed by atoms with Crippen molar-refractivity contribution >= 4 is 33.2 Å². The predicted octanol–water partition coefficient (Wildman–Crippen LogP) is 5.53. The van der Waals surface area contributed by atoms with Crippen molar-refractivity contribution in [2.24, 2.45) is 0 Å². The number of nitrogens with zero attached hydrogens (tertiary/aromatic N) is 2. The Labute approximate surface area is 172 Å². The maximum atomic E-state index is 13.3. The number of fused-ring (bicyclic) bond motifs is 1. The molecule has 0 bridgehead atoms. The number of thiophene rings is 1. The molecule has 0 amide bonds. The highest BCUT2D eigenvalue weighted by molar-refractivity contribution is 7.19. The van der Waals surface area contributed by atoms with E-state index in [2.05, 4.69) is 4.98 Å². The van der Waals surface area contributed by atoms with Crippen LogP contribution in [-0.4, -0.2) is 16.2 Å². The zero-order valence-corrected chi connectivity index (χ0v) is 17.2. The number of halogens is 1. The number of aromatic nitrogens is 2. The molecule has 2 aromatic heterocycles. The molecule has 0 aliphatic carbocycles. The molecule has 0 saturated heterocycles. The first-order chi connectivity index (χ1) is 13.6. The van der Waals surface area contributed by atoms with Crippen molar-refractivity contribution < 1.29 is 4.74 Å².